The molecule has 0 bridgehead atoms. The number of urea groups is 1. The van der Waals surface area contributed by atoms with Crippen molar-refractivity contribution in [1.82, 2.24) is 15.5 Å². The summed E-state index contributed by atoms with van der Waals surface area (Å²) in [6.45, 7) is -0.549. The van der Waals surface area contributed by atoms with Gasteiger partial charge in [-0.1, -0.05) is 5.16 Å². The number of carbonyl (C=O) groups excluding carboxylic acids is 1. The summed E-state index contributed by atoms with van der Waals surface area (Å²) >= 11 is 3.19. The zero-order valence-corrected chi connectivity index (χ0v) is 19.2. The van der Waals surface area contributed by atoms with Gasteiger partial charge in [0.15, 0.2) is 23.9 Å². The van der Waals surface area contributed by atoms with Crippen molar-refractivity contribution in [2.24, 2.45) is 0 Å². The molecule has 4 rings (SSSR count). The number of ether oxygens (including phenoxy) is 2. The Morgan fingerprint density at radius 3 is 2.74 bits per heavy atom. The number of hydrogen-bond donors (Lipinski definition) is 1. The summed E-state index contributed by atoms with van der Waals surface area (Å²) in [5.41, 5.74) is 1.10. The smallest absolute Gasteiger partial charge is 0.422 e. The zero-order chi connectivity index (χ0) is 24.5. The number of hydrogen-bond acceptors (Lipinski definition) is 6. The van der Waals surface area contributed by atoms with Gasteiger partial charge in [-0.25, -0.2) is 9.18 Å². The molecule has 1 N–H and O–H groups in total. The fourth-order valence-corrected chi connectivity index (χ4v) is 3.95. The second kappa shape index (κ2) is 9.49. The molecule has 1 aromatic heterocycles. The first-order valence-corrected chi connectivity index (χ1v) is 10.7. The maximum absolute atomic E-state index is 14.5. The first kappa shape index (κ1) is 23.8. The third kappa shape index (κ3) is 5.24. The van der Waals surface area contributed by atoms with Crippen LogP contribution in [-0.4, -0.2) is 49.2 Å². The van der Waals surface area contributed by atoms with Crippen molar-refractivity contribution in [1.29, 1.82) is 0 Å². The number of methoxy groups -OCH3 is 1. The Labute approximate surface area is 199 Å². The minimum Gasteiger partial charge on any atom is -0.493 e. The number of nitrogens with zero attached hydrogens (tertiary/aromatic N) is 3. The van der Waals surface area contributed by atoms with Gasteiger partial charge < -0.3 is 19.3 Å². The molecule has 0 atom stereocenters. The van der Waals surface area contributed by atoms with Crippen molar-refractivity contribution < 1.29 is 36.4 Å². The molecule has 13 heteroatoms. The second-order valence-corrected chi connectivity index (χ2v) is 8.11. The van der Waals surface area contributed by atoms with Crippen molar-refractivity contribution in [2.45, 2.75) is 12.6 Å². The summed E-state index contributed by atoms with van der Waals surface area (Å²) in [6, 6.07) is 6.88. The molecule has 34 heavy (non-hydrogen) atoms. The predicted molar refractivity (Wildman–Crippen MR) is 115 cm³/mol. The van der Waals surface area contributed by atoms with Crippen LogP contribution in [0.5, 0.6) is 11.5 Å². The highest BCUT2D eigenvalue weighted by Crippen LogP contribution is 2.38. The summed E-state index contributed by atoms with van der Waals surface area (Å²) in [5.74, 6) is -0.488. The molecular formula is C21H17BrF4N4O4. The number of carbonyl (C=O) groups is 1. The molecule has 0 radical (unpaired) electrons. The Morgan fingerprint density at radius 2 is 2.06 bits per heavy atom. The molecule has 180 valence electrons. The van der Waals surface area contributed by atoms with Crippen molar-refractivity contribution in [2.75, 3.05) is 31.7 Å². The molecule has 0 spiro atoms. The number of alkyl halides is 3. The number of nitrogens with one attached hydrogen (secondary N) is 1. The van der Waals surface area contributed by atoms with Gasteiger partial charge in [-0.15, -0.1) is 0 Å². The zero-order valence-electron chi connectivity index (χ0n) is 17.6. The van der Waals surface area contributed by atoms with Gasteiger partial charge in [0.2, 0.25) is 0 Å². The van der Waals surface area contributed by atoms with Gasteiger partial charge in [0, 0.05) is 25.2 Å². The van der Waals surface area contributed by atoms with E-state index in [2.05, 4.69) is 31.4 Å². The lowest BCUT2D eigenvalue weighted by Gasteiger charge is -2.15. The van der Waals surface area contributed by atoms with Crippen molar-refractivity contribution in [3.05, 3.63) is 52.0 Å². The van der Waals surface area contributed by atoms with Crippen LogP contribution in [0.4, 0.5) is 28.0 Å². The Hall–Kier alpha value is -3.35. The molecule has 0 saturated carbocycles. The second-order valence-electron chi connectivity index (χ2n) is 7.25. The monoisotopic (exact) mass is 544 g/mol. The lowest BCUT2D eigenvalue weighted by molar-refractivity contribution is -0.153. The molecule has 0 unspecified atom stereocenters. The molecule has 8 nitrogen and oxygen atoms in total. The van der Waals surface area contributed by atoms with Gasteiger partial charge in [-0.05, 0) is 51.8 Å². The number of aromatic nitrogens is 2. The number of halogens is 5. The Balaban J connectivity index is 1.55. The van der Waals surface area contributed by atoms with Gasteiger partial charge in [0.1, 0.15) is 5.82 Å². The van der Waals surface area contributed by atoms with Crippen LogP contribution in [-0.2, 0) is 6.42 Å². The molecule has 2 heterocycles. The van der Waals surface area contributed by atoms with Crippen LogP contribution in [0.15, 0.2) is 39.3 Å². The molecule has 1 aliphatic heterocycles. The summed E-state index contributed by atoms with van der Waals surface area (Å²) in [6.07, 6.45) is -4.39. The van der Waals surface area contributed by atoms with E-state index in [1.54, 1.807) is 0 Å². The fourth-order valence-electron chi connectivity index (χ4n) is 3.35. The normalized spacial score (nSPS) is 13.8. The summed E-state index contributed by atoms with van der Waals surface area (Å²) in [4.78, 5) is 17.6. The van der Waals surface area contributed by atoms with Crippen LogP contribution in [0, 0.1) is 5.82 Å². The quantitative estimate of drug-likeness (QED) is 0.433. The molecule has 1 fully saturated rings. The first-order chi connectivity index (χ1) is 16.1. The minimum absolute atomic E-state index is 0.0330. The van der Waals surface area contributed by atoms with E-state index < -0.39 is 18.6 Å². The largest absolute Gasteiger partial charge is 0.493 e. The molecule has 0 aliphatic carbocycles. The maximum atomic E-state index is 14.5. The predicted octanol–water partition coefficient (Wildman–Crippen LogP) is 4.71. The topological polar surface area (TPSA) is 89.7 Å². The molecular weight excluding hydrogens is 528 g/mol. The summed E-state index contributed by atoms with van der Waals surface area (Å²) in [5, 5.41) is 6.54. The van der Waals surface area contributed by atoms with Crippen molar-refractivity contribution >= 4 is 27.6 Å². The number of benzene rings is 2. The van der Waals surface area contributed by atoms with E-state index in [9.17, 15) is 22.4 Å². The third-order valence-corrected chi connectivity index (χ3v) is 5.44. The third-order valence-electron chi connectivity index (χ3n) is 4.85. The van der Waals surface area contributed by atoms with Gasteiger partial charge in [-0.2, -0.15) is 18.2 Å². The molecule has 2 aromatic carbocycles. The number of rotatable bonds is 7. The average Bonchev–Trinajstić information content (AvgIpc) is 3.41. The lowest BCUT2D eigenvalue weighted by Crippen LogP contribution is -2.27. The summed E-state index contributed by atoms with van der Waals surface area (Å²) in [7, 11) is 1.30. The van der Waals surface area contributed by atoms with E-state index in [0.29, 0.717) is 24.3 Å². The van der Waals surface area contributed by atoms with Crippen molar-refractivity contribution in [3.8, 4) is 23.0 Å². The van der Waals surface area contributed by atoms with E-state index in [0.717, 1.165) is 0 Å². The van der Waals surface area contributed by atoms with Crippen LogP contribution < -0.4 is 19.7 Å². The van der Waals surface area contributed by atoms with Crippen LogP contribution in [0.1, 0.15) is 11.4 Å². The van der Waals surface area contributed by atoms with Gasteiger partial charge in [0.05, 0.1) is 17.1 Å². The standard InChI is InChI=1S/C21H17BrF4N4O4/c1-32-16-7-11(6-14(22)18(16)33-10-21(24,25)26)8-17-28-19(34-29-17)13-9-12(2-3-15(13)23)30-5-4-27-20(30)31/h2-3,6-7,9H,4-5,8,10H2,1H3,(H,27,31). The highest BCUT2D eigenvalue weighted by Gasteiger charge is 2.30. The van der Waals surface area contributed by atoms with Gasteiger partial charge in [0.25, 0.3) is 5.89 Å². The highest BCUT2D eigenvalue weighted by atomic mass is 79.9. The fraction of sp³-hybridized carbons (Fsp3) is 0.286. The van der Waals surface area contributed by atoms with Crippen molar-refractivity contribution in [3.63, 3.8) is 0 Å². The van der Waals surface area contributed by atoms with Crippen LogP contribution in [0.25, 0.3) is 11.5 Å². The van der Waals surface area contributed by atoms with Gasteiger partial charge in [-0.3, -0.25) is 4.90 Å². The Kier molecular flexibility index (Phi) is 6.64. The maximum Gasteiger partial charge on any atom is 0.422 e. The molecule has 1 saturated heterocycles. The van der Waals surface area contributed by atoms with Crippen LogP contribution >= 0.6 is 15.9 Å². The Morgan fingerprint density at radius 1 is 1.26 bits per heavy atom. The molecule has 3 aromatic rings. The molecule has 1 aliphatic rings. The van der Waals surface area contributed by atoms with E-state index in [-0.39, 0.29) is 45.7 Å². The SMILES string of the molecule is COc1cc(Cc2noc(-c3cc(N4CCNC4=O)ccc3F)n2)cc(Br)c1OCC(F)(F)F. The minimum atomic E-state index is -4.50. The molecule has 2 amide bonds. The van der Waals surface area contributed by atoms with Gasteiger partial charge >= 0.3 is 12.2 Å². The number of anilines is 1. The highest BCUT2D eigenvalue weighted by molar-refractivity contribution is 9.10. The van der Waals surface area contributed by atoms with Crippen LogP contribution in [0.2, 0.25) is 0 Å². The first-order valence-electron chi connectivity index (χ1n) is 9.88. The number of amides is 2. The van der Waals surface area contributed by atoms with E-state index in [1.165, 1.54) is 42.3 Å². The summed E-state index contributed by atoms with van der Waals surface area (Å²) < 4.78 is 67.5. The van der Waals surface area contributed by atoms with Crippen LogP contribution in [0.3, 0.4) is 0 Å². The Bertz CT molecular complexity index is 1220. The van der Waals surface area contributed by atoms with E-state index in [4.69, 9.17) is 14.0 Å². The van der Waals surface area contributed by atoms with E-state index >= 15 is 0 Å². The van der Waals surface area contributed by atoms with E-state index in [1.807, 2.05) is 0 Å². The average molecular weight is 545 g/mol. The lowest BCUT2D eigenvalue weighted by atomic mass is 10.1.